The first kappa shape index (κ1) is 8.80. The van der Waals surface area contributed by atoms with Gasteiger partial charge in [0.2, 0.25) is 0 Å². The van der Waals surface area contributed by atoms with Crippen LogP contribution in [0.15, 0.2) is 12.2 Å². The molecule has 0 nitrogen and oxygen atoms in total. The predicted octanol–water partition coefficient (Wildman–Crippen LogP) is 3.76. The van der Waals surface area contributed by atoms with Crippen molar-refractivity contribution in [2.75, 3.05) is 5.33 Å². The number of allylic oxidation sites excluding steroid dienone is 1. The molecule has 0 aromatic rings. The summed E-state index contributed by atoms with van der Waals surface area (Å²) in [5.41, 5.74) is 2.42. The van der Waals surface area contributed by atoms with Crippen molar-refractivity contribution in [2.24, 2.45) is 16.7 Å². The van der Waals surface area contributed by atoms with Crippen LogP contribution in [0.4, 0.5) is 0 Å². The highest BCUT2D eigenvalue weighted by Gasteiger charge is 2.59. The quantitative estimate of drug-likeness (QED) is 0.474. The zero-order chi connectivity index (χ0) is 8.98. The lowest BCUT2D eigenvalue weighted by Gasteiger charge is -2.37. The summed E-state index contributed by atoms with van der Waals surface area (Å²) in [6.45, 7) is 9.07. The molecule has 0 unspecified atom stereocenters. The smallest absolute Gasteiger partial charge is 0.00964 e. The molecule has 0 aromatic heterocycles. The minimum Gasteiger partial charge on any atom is -0.0993 e. The van der Waals surface area contributed by atoms with E-state index in [4.69, 9.17) is 0 Å². The van der Waals surface area contributed by atoms with Crippen LogP contribution >= 0.6 is 15.9 Å². The van der Waals surface area contributed by atoms with Crippen LogP contribution in [0.1, 0.15) is 33.1 Å². The van der Waals surface area contributed by atoms with E-state index in [-0.39, 0.29) is 0 Å². The topological polar surface area (TPSA) is 0 Å². The fourth-order valence-corrected chi connectivity index (χ4v) is 4.28. The third-order valence-electron chi connectivity index (χ3n) is 4.71. The van der Waals surface area contributed by atoms with E-state index < -0.39 is 0 Å². The van der Waals surface area contributed by atoms with Crippen LogP contribution < -0.4 is 0 Å². The van der Waals surface area contributed by atoms with E-state index in [1.807, 2.05) is 0 Å². The summed E-state index contributed by atoms with van der Waals surface area (Å²) in [5, 5.41) is 1.14. The third-order valence-corrected chi connectivity index (χ3v) is 5.87. The molecule has 3 atom stereocenters. The van der Waals surface area contributed by atoms with Crippen molar-refractivity contribution >= 4 is 15.9 Å². The summed E-state index contributed by atoms with van der Waals surface area (Å²) in [6, 6.07) is 0. The van der Waals surface area contributed by atoms with Gasteiger partial charge in [-0.15, -0.1) is 0 Å². The molecule has 0 aromatic carbocycles. The minimum atomic E-state index is 0.432. The number of alkyl halides is 1. The monoisotopic (exact) mass is 228 g/mol. The standard InChI is InChI=1S/C11H17Br/c1-8-6-9-4-5-10(8,2)11(9,3)7-12/h9H,1,4-7H2,2-3H3/t9-,10+,11-/m1/s1. The van der Waals surface area contributed by atoms with Gasteiger partial charge in [0, 0.05) is 5.33 Å². The molecule has 12 heavy (non-hydrogen) atoms. The zero-order valence-corrected chi connectivity index (χ0v) is 9.58. The molecule has 2 bridgehead atoms. The van der Waals surface area contributed by atoms with Crippen molar-refractivity contribution in [3.63, 3.8) is 0 Å². The molecular weight excluding hydrogens is 212 g/mol. The van der Waals surface area contributed by atoms with E-state index >= 15 is 0 Å². The van der Waals surface area contributed by atoms with Crippen LogP contribution in [0.25, 0.3) is 0 Å². The largest absolute Gasteiger partial charge is 0.0993 e. The van der Waals surface area contributed by atoms with Crippen molar-refractivity contribution in [2.45, 2.75) is 33.1 Å². The molecule has 0 N–H and O–H groups in total. The Bertz CT molecular complexity index is 233. The number of hydrogen-bond donors (Lipinski definition) is 0. The molecule has 2 fully saturated rings. The molecule has 68 valence electrons. The van der Waals surface area contributed by atoms with E-state index in [0.717, 1.165) is 11.2 Å². The Balaban J connectivity index is 2.44. The highest BCUT2D eigenvalue weighted by Crippen LogP contribution is 2.68. The second-order valence-electron chi connectivity index (χ2n) is 4.93. The van der Waals surface area contributed by atoms with Gasteiger partial charge in [-0.1, -0.05) is 41.9 Å². The van der Waals surface area contributed by atoms with Crippen molar-refractivity contribution in [1.29, 1.82) is 0 Å². The minimum absolute atomic E-state index is 0.432. The van der Waals surface area contributed by atoms with Crippen molar-refractivity contribution < 1.29 is 0 Å². The van der Waals surface area contributed by atoms with Gasteiger partial charge in [-0.2, -0.15) is 0 Å². The van der Waals surface area contributed by atoms with E-state index in [1.165, 1.54) is 24.8 Å². The van der Waals surface area contributed by atoms with Crippen LogP contribution in [0, 0.1) is 16.7 Å². The molecule has 2 aliphatic rings. The van der Waals surface area contributed by atoms with Crippen molar-refractivity contribution in [1.82, 2.24) is 0 Å². The Morgan fingerprint density at radius 1 is 1.58 bits per heavy atom. The lowest BCUT2D eigenvalue weighted by atomic mass is 9.69. The van der Waals surface area contributed by atoms with Crippen LogP contribution in [0.3, 0.4) is 0 Å². The highest BCUT2D eigenvalue weighted by molar-refractivity contribution is 9.09. The SMILES string of the molecule is C=C1C[C@H]2CC[C@]1(C)[C@]2(C)CBr. The number of fused-ring (bicyclic) bond motifs is 2. The number of hydrogen-bond acceptors (Lipinski definition) is 0. The summed E-state index contributed by atoms with van der Waals surface area (Å²) in [7, 11) is 0. The van der Waals surface area contributed by atoms with Gasteiger partial charge in [0.05, 0.1) is 0 Å². The lowest BCUT2D eigenvalue weighted by molar-refractivity contribution is 0.188. The zero-order valence-electron chi connectivity index (χ0n) is 7.99. The second-order valence-corrected chi connectivity index (χ2v) is 5.49. The highest BCUT2D eigenvalue weighted by atomic mass is 79.9. The van der Waals surface area contributed by atoms with Gasteiger partial charge in [0.25, 0.3) is 0 Å². The van der Waals surface area contributed by atoms with E-state index in [9.17, 15) is 0 Å². The van der Waals surface area contributed by atoms with Crippen LogP contribution in [-0.2, 0) is 0 Å². The van der Waals surface area contributed by atoms with E-state index in [0.29, 0.717) is 10.8 Å². The Hall–Kier alpha value is 0.220. The molecule has 2 aliphatic carbocycles. The van der Waals surface area contributed by atoms with Gasteiger partial charge < -0.3 is 0 Å². The van der Waals surface area contributed by atoms with Crippen LogP contribution in [-0.4, -0.2) is 5.33 Å². The first-order chi connectivity index (χ1) is 5.54. The molecule has 2 rings (SSSR count). The van der Waals surface area contributed by atoms with Crippen LogP contribution in [0.5, 0.6) is 0 Å². The Morgan fingerprint density at radius 2 is 2.25 bits per heavy atom. The lowest BCUT2D eigenvalue weighted by Crippen LogP contribution is -2.32. The Kier molecular flexibility index (Phi) is 1.74. The normalized spacial score (nSPS) is 51.9. The third kappa shape index (κ3) is 0.742. The average Bonchev–Trinajstić information content (AvgIpc) is 2.39. The maximum atomic E-state index is 4.23. The van der Waals surface area contributed by atoms with E-state index in [1.54, 1.807) is 0 Å². The van der Waals surface area contributed by atoms with Gasteiger partial charge in [-0.25, -0.2) is 0 Å². The maximum absolute atomic E-state index is 4.23. The van der Waals surface area contributed by atoms with Gasteiger partial charge in [-0.05, 0) is 36.0 Å². The molecule has 0 saturated heterocycles. The molecule has 0 spiro atoms. The Morgan fingerprint density at radius 3 is 2.50 bits per heavy atom. The average molecular weight is 229 g/mol. The molecule has 0 aliphatic heterocycles. The fraction of sp³-hybridized carbons (Fsp3) is 0.818. The van der Waals surface area contributed by atoms with Gasteiger partial charge in [0.15, 0.2) is 0 Å². The summed E-state index contributed by atoms with van der Waals surface area (Å²) in [5.74, 6) is 0.898. The summed E-state index contributed by atoms with van der Waals surface area (Å²) in [4.78, 5) is 0. The van der Waals surface area contributed by atoms with Crippen molar-refractivity contribution in [3.05, 3.63) is 12.2 Å². The summed E-state index contributed by atoms with van der Waals surface area (Å²) >= 11 is 3.67. The molecular formula is C11H17Br. The first-order valence-corrected chi connectivity index (χ1v) is 5.91. The second kappa shape index (κ2) is 2.37. The molecule has 2 saturated carbocycles. The maximum Gasteiger partial charge on any atom is 0.00964 e. The summed E-state index contributed by atoms with van der Waals surface area (Å²) in [6.07, 6.45) is 4.05. The van der Waals surface area contributed by atoms with Gasteiger partial charge in [0.1, 0.15) is 0 Å². The first-order valence-electron chi connectivity index (χ1n) is 4.79. The predicted molar refractivity (Wildman–Crippen MR) is 56.5 cm³/mol. The van der Waals surface area contributed by atoms with Crippen molar-refractivity contribution in [3.8, 4) is 0 Å². The van der Waals surface area contributed by atoms with Gasteiger partial charge in [-0.3, -0.25) is 0 Å². The van der Waals surface area contributed by atoms with Crippen LogP contribution in [0.2, 0.25) is 0 Å². The number of rotatable bonds is 1. The fourth-order valence-electron chi connectivity index (χ4n) is 3.20. The van der Waals surface area contributed by atoms with E-state index in [2.05, 4.69) is 36.4 Å². The Labute approximate surface area is 83.6 Å². The number of halogens is 1. The molecule has 0 heterocycles. The summed E-state index contributed by atoms with van der Waals surface area (Å²) < 4.78 is 0. The molecule has 0 amide bonds. The molecule has 1 heteroatoms. The van der Waals surface area contributed by atoms with Gasteiger partial charge >= 0.3 is 0 Å². The molecule has 0 radical (unpaired) electrons.